The topological polar surface area (TPSA) is 54.0 Å². The summed E-state index contributed by atoms with van der Waals surface area (Å²) in [5.41, 5.74) is 1.11. The van der Waals surface area contributed by atoms with Crippen molar-refractivity contribution >= 4 is 42.1 Å². The zero-order chi connectivity index (χ0) is 14.4. The molecule has 0 bridgehead atoms. The third-order valence-corrected chi connectivity index (χ3v) is 5.10. The molecule has 0 radical (unpaired) electrons. The van der Waals surface area contributed by atoms with Gasteiger partial charge in [0.2, 0.25) is 5.91 Å². The van der Waals surface area contributed by atoms with E-state index in [4.69, 9.17) is 0 Å². The summed E-state index contributed by atoms with van der Waals surface area (Å²) in [6.45, 7) is 7.04. The van der Waals surface area contributed by atoms with Crippen molar-refractivity contribution in [1.82, 2.24) is 15.6 Å². The van der Waals surface area contributed by atoms with Gasteiger partial charge in [-0.2, -0.15) is 0 Å². The van der Waals surface area contributed by atoms with Crippen LogP contribution in [0.3, 0.4) is 0 Å². The van der Waals surface area contributed by atoms with Crippen LogP contribution in [0.15, 0.2) is 0 Å². The predicted octanol–water partition coefficient (Wildman–Crippen LogP) is 3.04. The Kier molecular flexibility index (Phi) is 11.0. The molecule has 1 fully saturated rings. The molecule has 0 aliphatic carbocycles. The second kappa shape index (κ2) is 11.2. The Bertz CT molecular complexity index is 428. The van der Waals surface area contributed by atoms with Gasteiger partial charge in [0.25, 0.3) is 0 Å². The van der Waals surface area contributed by atoms with Gasteiger partial charge in [-0.25, -0.2) is 4.98 Å². The predicted molar refractivity (Wildman–Crippen MR) is 97.6 cm³/mol. The Morgan fingerprint density at radius 1 is 1.32 bits per heavy atom. The number of aromatic nitrogens is 1. The Balaban J connectivity index is 0.00000220. The van der Waals surface area contributed by atoms with Crippen LogP contribution >= 0.6 is 36.2 Å². The molecule has 1 aliphatic heterocycles. The van der Waals surface area contributed by atoms with E-state index < -0.39 is 0 Å². The molecule has 0 saturated carbocycles. The van der Waals surface area contributed by atoms with Crippen molar-refractivity contribution in [3.8, 4) is 0 Å². The van der Waals surface area contributed by atoms with E-state index in [1.54, 1.807) is 11.3 Å². The smallest absolute Gasteiger partial charge is 0.220 e. The Labute approximate surface area is 149 Å². The van der Waals surface area contributed by atoms with Crippen LogP contribution in [0.5, 0.6) is 0 Å². The lowest BCUT2D eigenvalue weighted by molar-refractivity contribution is -0.121. The number of rotatable bonds is 6. The van der Waals surface area contributed by atoms with E-state index in [0.29, 0.717) is 13.0 Å². The van der Waals surface area contributed by atoms with Crippen molar-refractivity contribution < 1.29 is 4.79 Å². The fourth-order valence-electron chi connectivity index (χ4n) is 2.55. The molecule has 2 heterocycles. The van der Waals surface area contributed by atoms with Crippen LogP contribution in [-0.4, -0.2) is 30.5 Å². The zero-order valence-corrected chi connectivity index (χ0v) is 15.8. The monoisotopic (exact) mass is 367 g/mol. The highest BCUT2D eigenvalue weighted by Crippen LogP contribution is 2.18. The molecule has 0 spiro atoms. The largest absolute Gasteiger partial charge is 0.356 e. The van der Waals surface area contributed by atoms with Crippen LogP contribution in [0.4, 0.5) is 0 Å². The summed E-state index contributed by atoms with van der Waals surface area (Å²) >= 11 is 1.73. The molecule has 1 aromatic rings. The first-order valence-corrected chi connectivity index (χ1v) is 8.37. The highest BCUT2D eigenvalue weighted by molar-refractivity contribution is 7.11. The highest BCUT2D eigenvalue weighted by atomic mass is 35.5. The van der Waals surface area contributed by atoms with Crippen molar-refractivity contribution in [3.05, 3.63) is 15.6 Å². The maximum Gasteiger partial charge on any atom is 0.220 e. The molecule has 0 unspecified atom stereocenters. The molecular weight excluding hydrogens is 341 g/mol. The number of hydrogen-bond donors (Lipinski definition) is 2. The second-order valence-electron chi connectivity index (χ2n) is 5.58. The number of hydrogen-bond acceptors (Lipinski definition) is 4. The number of aryl methyl sites for hydroxylation is 2. The normalized spacial score (nSPS) is 14.8. The lowest BCUT2D eigenvalue weighted by Gasteiger charge is -2.22. The van der Waals surface area contributed by atoms with Gasteiger partial charge in [0.15, 0.2) is 0 Å². The van der Waals surface area contributed by atoms with E-state index in [1.807, 2.05) is 6.92 Å². The summed E-state index contributed by atoms with van der Waals surface area (Å²) in [5, 5.41) is 7.49. The summed E-state index contributed by atoms with van der Waals surface area (Å²) in [7, 11) is 0. The van der Waals surface area contributed by atoms with E-state index in [0.717, 1.165) is 42.6 Å². The third kappa shape index (κ3) is 7.27. The number of nitrogens with one attached hydrogen (secondary N) is 2. The van der Waals surface area contributed by atoms with Gasteiger partial charge in [0.05, 0.1) is 10.7 Å². The lowest BCUT2D eigenvalue weighted by atomic mass is 9.93. The Morgan fingerprint density at radius 2 is 2.00 bits per heavy atom. The molecular formula is C15H27Cl2N3OS. The van der Waals surface area contributed by atoms with Gasteiger partial charge in [-0.15, -0.1) is 36.2 Å². The van der Waals surface area contributed by atoms with Crippen LogP contribution in [0, 0.1) is 19.8 Å². The van der Waals surface area contributed by atoms with Crippen LogP contribution in [0.1, 0.15) is 41.3 Å². The summed E-state index contributed by atoms with van der Waals surface area (Å²) in [6, 6.07) is 0. The van der Waals surface area contributed by atoms with Gasteiger partial charge in [0, 0.05) is 24.3 Å². The fourth-order valence-corrected chi connectivity index (χ4v) is 3.48. The molecule has 2 N–H and O–H groups in total. The third-order valence-electron chi connectivity index (χ3n) is 3.97. The van der Waals surface area contributed by atoms with Crippen LogP contribution in [0.25, 0.3) is 0 Å². The van der Waals surface area contributed by atoms with Crippen molar-refractivity contribution in [2.45, 2.75) is 46.0 Å². The molecule has 7 heteroatoms. The first-order chi connectivity index (χ1) is 9.65. The highest BCUT2D eigenvalue weighted by Gasteiger charge is 2.14. The molecule has 1 aromatic heterocycles. The minimum Gasteiger partial charge on any atom is -0.356 e. The average molecular weight is 368 g/mol. The lowest BCUT2D eigenvalue weighted by Crippen LogP contribution is -2.30. The number of amides is 1. The number of piperidine rings is 1. The summed E-state index contributed by atoms with van der Waals surface area (Å²) in [4.78, 5) is 17.6. The maximum absolute atomic E-state index is 11.8. The van der Waals surface area contributed by atoms with Gasteiger partial charge in [-0.1, -0.05) is 0 Å². The second-order valence-corrected chi connectivity index (χ2v) is 6.87. The molecule has 1 amide bonds. The summed E-state index contributed by atoms with van der Waals surface area (Å²) in [5.74, 6) is 0.916. The van der Waals surface area contributed by atoms with E-state index in [9.17, 15) is 4.79 Å². The minimum absolute atomic E-state index is 0. The van der Waals surface area contributed by atoms with E-state index in [-0.39, 0.29) is 30.7 Å². The summed E-state index contributed by atoms with van der Waals surface area (Å²) < 4.78 is 0. The maximum atomic E-state index is 11.8. The molecule has 22 heavy (non-hydrogen) atoms. The number of carbonyl (C=O) groups excluding carboxylic acids is 1. The zero-order valence-electron chi connectivity index (χ0n) is 13.3. The number of halogens is 2. The van der Waals surface area contributed by atoms with Gasteiger partial charge in [-0.3, -0.25) is 4.79 Å². The van der Waals surface area contributed by atoms with Crippen LogP contribution in [0.2, 0.25) is 0 Å². The quantitative estimate of drug-likeness (QED) is 0.812. The van der Waals surface area contributed by atoms with Crippen molar-refractivity contribution in [2.24, 2.45) is 5.92 Å². The molecule has 0 aromatic carbocycles. The van der Waals surface area contributed by atoms with E-state index in [1.165, 1.54) is 17.7 Å². The van der Waals surface area contributed by atoms with Crippen LogP contribution in [-0.2, 0) is 11.2 Å². The molecule has 0 atom stereocenters. The van der Waals surface area contributed by atoms with Gasteiger partial charge in [-0.05, 0) is 52.1 Å². The standard InChI is InChI=1S/C15H25N3OS.2ClH/c1-11-12(2)20-15(18-11)7-10-17-14(19)4-3-13-5-8-16-9-6-13;;/h13,16H,3-10H2,1-2H3,(H,17,19);2*1H. The van der Waals surface area contributed by atoms with Crippen molar-refractivity contribution in [1.29, 1.82) is 0 Å². The Hall–Kier alpha value is -0.360. The van der Waals surface area contributed by atoms with Crippen LogP contribution < -0.4 is 10.6 Å². The van der Waals surface area contributed by atoms with Crippen molar-refractivity contribution in [2.75, 3.05) is 19.6 Å². The SMILES string of the molecule is Cc1nc(CCNC(=O)CCC2CCNCC2)sc1C.Cl.Cl. The van der Waals surface area contributed by atoms with E-state index >= 15 is 0 Å². The average Bonchev–Trinajstić information content (AvgIpc) is 2.76. The fraction of sp³-hybridized carbons (Fsp3) is 0.733. The molecule has 4 nitrogen and oxygen atoms in total. The van der Waals surface area contributed by atoms with E-state index in [2.05, 4.69) is 22.5 Å². The van der Waals surface area contributed by atoms with Gasteiger partial charge in [0.1, 0.15) is 0 Å². The molecule has 1 saturated heterocycles. The first-order valence-electron chi connectivity index (χ1n) is 7.55. The molecule has 2 rings (SSSR count). The molecule has 1 aliphatic rings. The van der Waals surface area contributed by atoms with Gasteiger partial charge >= 0.3 is 0 Å². The minimum atomic E-state index is 0. The van der Waals surface area contributed by atoms with Gasteiger partial charge < -0.3 is 10.6 Å². The number of thiazole rings is 1. The molecule has 128 valence electrons. The Morgan fingerprint density at radius 3 is 2.59 bits per heavy atom. The summed E-state index contributed by atoms with van der Waals surface area (Å²) in [6.07, 6.45) is 4.97. The number of nitrogens with zero attached hydrogens (tertiary/aromatic N) is 1. The van der Waals surface area contributed by atoms with Crippen molar-refractivity contribution in [3.63, 3.8) is 0 Å². The number of carbonyl (C=O) groups is 1. The first kappa shape index (κ1) is 21.6.